The van der Waals surface area contributed by atoms with Crippen LogP contribution in [-0.2, 0) is 21.7 Å². The number of benzene rings is 9. The molecule has 9 aromatic carbocycles. The molecule has 0 spiro atoms. The fourth-order valence-corrected chi connectivity index (χ4v) is 11.4. The van der Waals surface area contributed by atoms with Crippen molar-refractivity contribution in [1.29, 1.82) is 0 Å². The Morgan fingerprint density at radius 1 is 0.338 bits per heavy atom. The Bertz CT molecular complexity index is 3340. The van der Waals surface area contributed by atoms with Crippen molar-refractivity contribution < 1.29 is 0 Å². The maximum Gasteiger partial charge on any atom is 0.0540 e. The number of hydrogen-bond donors (Lipinski definition) is 0. The van der Waals surface area contributed by atoms with Gasteiger partial charge >= 0.3 is 0 Å². The Morgan fingerprint density at radius 3 is 1.46 bits per heavy atom. The molecular formula is C67H61N. The van der Waals surface area contributed by atoms with Crippen molar-refractivity contribution in [3.8, 4) is 55.6 Å². The lowest BCUT2D eigenvalue weighted by Crippen LogP contribution is -2.22. The van der Waals surface area contributed by atoms with Gasteiger partial charge in [0.2, 0.25) is 0 Å². The third-order valence-corrected chi connectivity index (χ3v) is 15.3. The molecule has 2 aliphatic carbocycles. The van der Waals surface area contributed by atoms with Gasteiger partial charge < -0.3 is 4.90 Å². The van der Waals surface area contributed by atoms with Crippen molar-refractivity contribution in [2.45, 2.75) is 84.0 Å². The van der Waals surface area contributed by atoms with Crippen LogP contribution in [0.2, 0.25) is 0 Å². The van der Waals surface area contributed by atoms with Gasteiger partial charge in [0.05, 0.1) is 5.69 Å². The molecule has 1 atom stereocenters. The minimum absolute atomic E-state index is 0.0112. The molecule has 11 rings (SSSR count). The van der Waals surface area contributed by atoms with Crippen LogP contribution in [0.15, 0.2) is 206 Å². The summed E-state index contributed by atoms with van der Waals surface area (Å²) in [4.78, 5) is 2.46. The summed E-state index contributed by atoms with van der Waals surface area (Å²) >= 11 is 0. The van der Waals surface area contributed by atoms with Gasteiger partial charge in [-0.05, 0) is 143 Å². The lowest BCUT2D eigenvalue weighted by atomic mass is 9.74. The number of fused-ring (bicyclic) bond motifs is 6. The second-order valence-electron chi connectivity index (χ2n) is 21.9. The minimum atomic E-state index is -0.257. The zero-order chi connectivity index (χ0) is 47.2. The van der Waals surface area contributed by atoms with E-state index in [4.69, 9.17) is 0 Å². The van der Waals surface area contributed by atoms with E-state index < -0.39 is 0 Å². The van der Waals surface area contributed by atoms with E-state index in [-0.39, 0.29) is 21.7 Å². The van der Waals surface area contributed by atoms with Crippen LogP contribution in [0.4, 0.5) is 17.1 Å². The number of anilines is 3. The van der Waals surface area contributed by atoms with Gasteiger partial charge in [0, 0.05) is 27.8 Å². The molecule has 0 fully saturated rings. The van der Waals surface area contributed by atoms with Gasteiger partial charge in [-0.25, -0.2) is 0 Å². The molecule has 9 aromatic rings. The van der Waals surface area contributed by atoms with Crippen molar-refractivity contribution in [3.63, 3.8) is 0 Å². The topological polar surface area (TPSA) is 3.24 Å². The summed E-state index contributed by atoms with van der Waals surface area (Å²) in [5, 5.41) is 0. The van der Waals surface area contributed by atoms with Crippen LogP contribution in [0.3, 0.4) is 0 Å². The van der Waals surface area contributed by atoms with E-state index in [2.05, 4.69) is 273 Å². The highest BCUT2D eigenvalue weighted by molar-refractivity contribution is 5.92. The predicted octanol–water partition coefficient (Wildman–Crippen LogP) is 18.4. The molecule has 0 radical (unpaired) electrons. The number of rotatable bonds is 7. The van der Waals surface area contributed by atoms with Gasteiger partial charge in [0.15, 0.2) is 0 Å². The van der Waals surface area contributed by atoms with E-state index in [1.165, 1.54) is 94.6 Å². The van der Waals surface area contributed by atoms with Crippen LogP contribution in [0, 0.1) is 0 Å². The van der Waals surface area contributed by atoms with E-state index >= 15 is 0 Å². The first-order chi connectivity index (χ1) is 32.6. The molecule has 0 aliphatic heterocycles. The van der Waals surface area contributed by atoms with E-state index in [9.17, 15) is 0 Å². The molecule has 1 nitrogen and oxygen atoms in total. The average Bonchev–Trinajstić information content (AvgIpc) is 3.75. The molecule has 0 aromatic heterocycles. The Hall–Kier alpha value is -7.22. The summed E-state index contributed by atoms with van der Waals surface area (Å²) in [5.41, 5.74) is 25.2. The van der Waals surface area contributed by atoms with E-state index in [0.717, 1.165) is 17.1 Å². The van der Waals surface area contributed by atoms with Crippen LogP contribution < -0.4 is 4.90 Å². The highest BCUT2D eigenvalue weighted by atomic mass is 15.1. The molecule has 0 N–H and O–H groups in total. The van der Waals surface area contributed by atoms with Crippen LogP contribution in [-0.4, -0.2) is 0 Å². The molecule has 0 amide bonds. The Labute approximate surface area is 404 Å². The first-order valence-electron chi connectivity index (χ1n) is 24.4. The summed E-state index contributed by atoms with van der Waals surface area (Å²) < 4.78 is 0. The molecule has 0 saturated heterocycles. The fourth-order valence-electron chi connectivity index (χ4n) is 11.4. The number of para-hydroxylation sites is 1. The molecule has 1 heteroatoms. The van der Waals surface area contributed by atoms with Gasteiger partial charge in [0.25, 0.3) is 0 Å². The van der Waals surface area contributed by atoms with Gasteiger partial charge in [-0.3, -0.25) is 0 Å². The molecule has 68 heavy (non-hydrogen) atoms. The summed E-state index contributed by atoms with van der Waals surface area (Å²) in [5.74, 6) is 0. The van der Waals surface area contributed by atoms with Crippen molar-refractivity contribution in [1.82, 2.24) is 0 Å². The number of nitrogens with zero attached hydrogens (tertiary/aromatic N) is 1. The quantitative estimate of drug-likeness (QED) is 0.154. The second kappa shape index (κ2) is 16.0. The Morgan fingerprint density at radius 2 is 0.824 bits per heavy atom. The largest absolute Gasteiger partial charge is 0.310 e. The van der Waals surface area contributed by atoms with Crippen molar-refractivity contribution in [3.05, 3.63) is 245 Å². The van der Waals surface area contributed by atoms with Crippen LogP contribution in [0.1, 0.15) is 101 Å². The third kappa shape index (κ3) is 7.05. The normalized spacial score (nSPS) is 15.6. The minimum Gasteiger partial charge on any atom is -0.310 e. The standard InChI is InChI=1S/C67H61N/c1-64(2,3)49-40-47(41-50(43-49)65(4,5)6)53-22-15-18-29-62(53)68(52-37-32-45(33-38-52)54-25-19-26-58-56-24-13-16-27-59(56)66(7,8)63(54)58)51-35-30-44(31-36-51)46-34-39-57-55-23-14-17-28-60(55)67(9,61(57)42-46)48-20-11-10-12-21-48/h10-43H,1-9H3. The summed E-state index contributed by atoms with van der Waals surface area (Å²) in [6, 6.07) is 77.6. The van der Waals surface area contributed by atoms with Gasteiger partial charge in [-0.2, -0.15) is 0 Å². The lowest BCUT2D eigenvalue weighted by Gasteiger charge is -2.30. The molecule has 0 saturated carbocycles. The Kier molecular flexibility index (Phi) is 10.2. The molecule has 2 aliphatic rings. The van der Waals surface area contributed by atoms with Gasteiger partial charge in [-0.15, -0.1) is 0 Å². The highest BCUT2D eigenvalue weighted by Gasteiger charge is 2.41. The SMILES string of the molecule is CC(C)(C)c1cc(-c2ccccc2N(c2ccc(-c3ccc4c(c3)C(C)(c3ccccc3)c3ccccc3-4)cc2)c2ccc(-c3cccc4c3C(C)(C)c3ccccc3-4)cc2)cc(C(C)(C)C)c1. The number of hydrogen-bond acceptors (Lipinski definition) is 1. The van der Waals surface area contributed by atoms with Crippen LogP contribution >= 0.6 is 0 Å². The molecule has 334 valence electrons. The highest BCUT2D eigenvalue weighted by Crippen LogP contribution is 2.55. The van der Waals surface area contributed by atoms with Crippen molar-refractivity contribution >= 4 is 17.1 Å². The van der Waals surface area contributed by atoms with Crippen LogP contribution in [0.5, 0.6) is 0 Å². The van der Waals surface area contributed by atoms with E-state index in [1.807, 2.05) is 0 Å². The first kappa shape index (κ1) is 43.4. The zero-order valence-corrected chi connectivity index (χ0v) is 41.1. The first-order valence-corrected chi connectivity index (χ1v) is 24.4. The molecule has 0 heterocycles. The maximum atomic E-state index is 2.46. The third-order valence-electron chi connectivity index (χ3n) is 15.3. The molecular weight excluding hydrogens is 819 g/mol. The predicted molar refractivity (Wildman–Crippen MR) is 290 cm³/mol. The van der Waals surface area contributed by atoms with E-state index in [0.29, 0.717) is 0 Å². The zero-order valence-electron chi connectivity index (χ0n) is 41.1. The molecule has 0 bridgehead atoms. The second-order valence-corrected chi connectivity index (χ2v) is 21.9. The van der Waals surface area contributed by atoms with Crippen molar-refractivity contribution in [2.24, 2.45) is 0 Å². The van der Waals surface area contributed by atoms with E-state index in [1.54, 1.807) is 0 Å². The van der Waals surface area contributed by atoms with Gasteiger partial charge in [0.1, 0.15) is 0 Å². The Balaban J connectivity index is 1.04. The lowest BCUT2D eigenvalue weighted by molar-refractivity contribution is 0.569. The van der Waals surface area contributed by atoms with Crippen LogP contribution in [0.25, 0.3) is 55.6 Å². The van der Waals surface area contributed by atoms with Crippen molar-refractivity contribution in [2.75, 3.05) is 4.90 Å². The summed E-state index contributed by atoms with van der Waals surface area (Å²) in [6.07, 6.45) is 0. The van der Waals surface area contributed by atoms with Gasteiger partial charge in [-0.1, -0.05) is 225 Å². The smallest absolute Gasteiger partial charge is 0.0540 e. The fraction of sp³-hybridized carbons (Fsp3) is 0.194. The summed E-state index contributed by atoms with van der Waals surface area (Å²) in [6.45, 7) is 21.1. The monoisotopic (exact) mass is 879 g/mol. The maximum absolute atomic E-state index is 2.46. The summed E-state index contributed by atoms with van der Waals surface area (Å²) in [7, 11) is 0. The molecule has 1 unspecified atom stereocenters. The average molecular weight is 880 g/mol.